The number of fused-ring (bicyclic) bond motifs is 1. The van der Waals surface area contributed by atoms with Gasteiger partial charge in [0.25, 0.3) is 5.91 Å². The Hall–Kier alpha value is -0.920. The van der Waals surface area contributed by atoms with Crippen LogP contribution in [0.2, 0.25) is 0 Å². The Bertz CT molecular complexity index is 679. The fraction of sp³-hybridized carbons (Fsp3) is 0.667. The molecule has 0 unspecified atom stereocenters. The summed E-state index contributed by atoms with van der Waals surface area (Å²) in [5, 5.41) is 5.18. The smallest absolute Gasteiger partial charge is 0.264 e. The van der Waals surface area contributed by atoms with Crippen molar-refractivity contribution in [2.75, 3.05) is 6.54 Å². The predicted molar refractivity (Wildman–Crippen MR) is 86.4 cm³/mol. The van der Waals surface area contributed by atoms with Crippen molar-refractivity contribution in [3.8, 4) is 0 Å². The third-order valence-electron chi connectivity index (χ3n) is 4.87. The first-order valence-corrected chi connectivity index (χ1v) is 10.2. The zero-order valence-corrected chi connectivity index (χ0v) is 14.4. The Morgan fingerprint density at radius 3 is 2.64 bits per heavy atom. The lowest BCUT2D eigenvalue weighted by Crippen LogP contribution is -2.49. The molecule has 2 fully saturated rings. The predicted octanol–water partition coefficient (Wildman–Crippen LogP) is 2.50. The molecule has 5 nitrogen and oxygen atoms in total. The maximum absolute atomic E-state index is 12.9. The summed E-state index contributed by atoms with van der Waals surface area (Å²) < 4.78 is 23.1. The average Bonchev–Trinajstić information content (AvgIpc) is 2.88. The molecule has 1 aromatic rings. The lowest BCUT2D eigenvalue weighted by Gasteiger charge is -2.44. The molecule has 22 heavy (non-hydrogen) atoms. The van der Waals surface area contributed by atoms with Crippen molar-refractivity contribution in [3.63, 3.8) is 0 Å². The molecule has 0 radical (unpaired) electrons. The Morgan fingerprint density at radius 1 is 1.27 bits per heavy atom. The number of hydrogen-bond donors (Lipinski definition) is 1. The fourth-order valence-electron chi connectivity index (χ4n) is 3.81. The highest BCUT2D eigenvalue weighted by molar-refractivity contribution is 7.91. The van der Waals surface area contributed by atoms with E-state index in [-0.39, 0.29) is 10.1 Å². The molecule has 7 heteroatoms. The Morgan fingerprint density at radius 2 is 1.95 bits per heavy atom. The molecule has 1 aromatic heterocycles. The van der Waals surface area contributed by atoms with Gasteiger partial charge in [0.1, 0.15) is 4.21 Å². The molecule has 1 aliphatic carbocycles. The van der Waals surface area contributed by atoms with Crippen LogP contribution in [0.1, 0.15) is 53.8 Å². The molecule has 0 aromatic carbocycles. The SMILES string of the molecule is Cc1cc(S(N)(=O)=O)sc1C(=O)N1CCC[C@@H]2CCCC[C@H]21. The van der Waals surface area contributed by atoms with Crippen molar-refractivity contribution in [3.05, 3.63) is 16.5 Å². The molecular formula is C15H22N2O3S2. The minimum absolute atomic E-state index is 0.0194. The molecule has 1 saturated heterocycles. The molecule has 1 amide bonds. The van der Waals surface area contributed by atoms with Crippen LogP contribution in [0, 0.1) is 12.8 Å². The maximum Gasteiger partial charge on any atom is 0.264 e. The van der Waals surface area contributed by atoms with E-state index < -0.39 is 10.0 Å². The zero-order valence-electron chi connectivity index (χ0n) is 12.7. The summed E-state index contributed by atoms with van der Waals surface area (Å²) in [4.78, 5) is 15.4. The van der Waals surface area contributed by atoms with Crippen LogP contribution in [0.3, 0.4) is 0 Å². The van der Waals surface area contributed by atoms with E-state index in [0.717, 1.165) is 30.7 Å². The maximum atomic E-state index is 12.9. The highest BCUT2D eigenvalue weighted by Gasteiger charge is 2.37. The normalized spacial score (nSPS) is 25.8. The van der Waals surface area contributed by atoms with Crippen LogP contribution in [0.25, 0.3) is 0 Å². The summed E-state index contributed by atoms with van der Waals surface area (Å²) in [5.74, 6) is 0.596. The molecule has 1 aliphatic heterocycles. The van der Waals surface area contributed by atoms with Gasteiger partial charge in [-0.3, -0.25) is 4.79 Å². The molecule has 0 spiro atoms. The summed E-state index contributed by atoms with van der Waals surface area (Å²) in [7, 11) is -3.74. The Kier molecular flexibility index (Phi) is 4.31. The van der Waals surface area contributed by atoms with E-state index in [2.05, 4.69) is 0 Å². The van der Waals surface area contributed by atoms with Gasteiger partial charge in [-0.1, -0.05) is 12.8 Å². The van der Waals surface area contributed by atoms with Gasteiger partial charge in [0, 0.05) is 12.6 Å². The molecule has 0 bridgehead atoms. The number of piperidine rings is 1. The minimum atomic E-state index is -3.74. The number of nitrogens with zero attached hydrogens (tertiary/aromatic N) is 1. The number of aryl methyl sites for hydroxylation is 1. The second-order valence-corrected chi connectivity index (χ2v) is 9.22. The van der Waals surface area contributed by atoms with Gasteiger partial charge in [0.05, 0.1) is 4.88 Å². The van der Waals surface area contributed by atoms with Crippen molar-refractivity contribution in [1.29, 1.82) is 0 Å². The first kappa shape index (κ1) is 16.0. The molecule has 2 heterocycles. The molecule has 2 atom stereocenters. The number of nitrogens with two attached hydrogens (primary N) is 1. The van der Waals surface area contributed by atoms with Crippen molar-refractivity contribution < 1.29 is 13.2 Å². The van der Waals surface area contributed by atoms with E-state index in [9.17, 15) is 13.2 Å². The highest BCUT2D eigenvalue weighted by Crippen LogP contribution is 2.37. The third-order valence-corrected chi connectivity index (χ3v) is 7.52. The van der Waals surface area contributed by atoms with Crippen LogP contribution < -0.4 is 5.14 Å². The summed E-state index contributed by atoms with van der Waals surface area (Å²) in [6, 6.07) is 1.84. The lowest BCUT2D eigenvalue weighted by molar-refractivity contribution is 0.0394. The number of amides is 1. The van der Waals surface area contributed by atoms with E-state index in [0.29, 0.717) is 22.4 Å². The quantitative estimate of drug-likeness (QED) is 0.896. The minimum Gasteiger partial charge on any atom is -0.335 e. The first-order valence-electron chi connectivity index (χ1n) is 7.82. The summed E-state index contributed by atoms with van der Waals surface area (Å²) in [5.41, 5.74) is 0.706. The number of carbonyl (C=O) groups is 1. The summed E-state index contributed by atoms with van der Waals surface area (Å²) >= 11 is 1.00. The number of sulfonamides is 1. The lowest BCUT2D eigenvalue weighted by atomic mass is 9.78. The van der Waals surface area contributed by atoms with Gasteiger partial charge in [-0.25, -0.2) is 13.6 Å². The first-order chi connectivity index (χ1) is 10.4. The number of carbonyl (C=O) groups excluding carboxylic acids is 1. The van der Waals surface area contributed by atoms with Crippen LogP contribution >= 0.6 is 11.3 Å². The van der Waals surface area contributed by atoms with E-state index in [1.807, 2.05) is 4.90 Å². The van der Waals surface area contributed by atoms with Gasteiger partial charge in [0.15, 0.2) is 0 Å². The van der Waals surface area contributed by atoms with Gasteiger partial charge in [-0.2, -0.15) is 0 Å². The molecule has 3 rings (SSSR count). The van der Waals surface area contributed by atoms with Crippen molar-refractivity contribution in [2.45, 2.75) is 55.7 Å². The van der Waals surface area contributed by atoms with Crippen molar-refractivity contribution >= 4 is 27.3 Å². The van der Waals surface area contributed by atoms with E-state index >= 15 is 0 Å². The molecule has 122 valence electrons. The summed E-state index contributed by atoms with van der Waals surface area (Å²) in [6.45, 7) is 2.56. The van der Waals surface area contributed by atoms with Crippen LogP contribution in [-0.4, -0.2) is 31.8 Å². The zero-order chi connectivity index (χ0) is 15.9. The number of thiophene rings is 1. The number of primary sulfonamides is 1. The van der Waals surface area contributed by atoms with E-state index in [1.54, 1.807) is 6.92 Å². The van der Waals surface area contributed by atoms with Crippen molar-refractivity contribution in [1.82, 2.24) is 4.90 Å². The standard InChI is InChI=1S/C15H22N2O3S2/c1-10-9-13(22(16,19)20)21-14(10)15(18)17-8-4-6-11-5-2-3-7-12(11)17/h9,11-12H,2-8H2,1H3,(H2,16,19,20)/t11-,12+/m0/s1. The van der Waals surface area contributed by atoms with Gasteiger partial charge in [-0.05, 0) is 50.2 Å². The molecular weight excluding hydrogens is 320 g/mol. The number of likely N-dealkylation sites (tertiary alicyclic amines) is 1. The average molecular weight is 342 g/mol. The third kappa shape index (κ3) is 2.94. The number of hydrogen-bond acceptors (Lipinski definition) is 4. The van der Waals surface area contributed by atoms with Crippen LogP contribution in [0.5, 0.6) is 0 Å². The topological polar surface area (TPSA) is 80.5 Å². The monoisotopic (exact) mass is 342 g/mol. The van der Waals surface area contributed by atoms with Crippen LogP contribution in [0.15, 0.2) is 10.3 Å². The van der Waals surface area contributed by atoms with Crippen LogP contribution in [-0.2, 0) is 10.0 Å². The second kappa shape index (κ2) is 5.94. The van der Waals surface area contributed by atoms with Gasteiger partial charge < -0.3 is 4.90 Å². The largest absolute Gasteiger partial charge is 0.335 e. The molecule has 2 N–H and O–H groups in total. The molecule has 2 aliphatic rings. The van der Waals surface area contributed by atoms with Gasteiger partial charge >= 0.3 is 0 Å². The van der Waals surface area contributed by atoms with E-state index in [4.69, 9.17) is 5.14 Å². The second-order valence-electron chi connectivity index (χ2n) is 6.38. The highest BCUT2D eigenvalue weighted by atomic mass is 32.2. The molecule has 1 saturated carbocycles. The van der Waals surface area contributed by atoms with Gasteiger partial charge in [0.2, 0.25) is 10.0 Å². The fourth-order valence-corrected chi connectivity index (χ4v) is 5.73. The summed E-state index contributed by atoms with van der Waals surface area (Å²) in [6.07, 6.45) is 6.97. The Labute approximate surface area is 135 Å². The Balaban J connectivity index is 1.88. The van der Waals surface area contributed by atoms with Gasteiger partial charge in [-0.15, -0.1) is 11.3 Å². The van der Waals surface area contributed by atoms with Crippen LogP contribution in [0.4, 0.5) is 0 Å². The van der Waals surface area contributed by atoms with E-state index in [1.165, 1.54) is 31.7 Å². The number of rotatable bonds is 2. The van der Waals surface area contributed by atoms with Crippen molar-refractivity contribution in [2.24, 2.45) is 11.1 Å².